The Morgan fingerprint density at radius 1 is 1.36 bits per heavy atom. The highest BCUT2D eigenvalue weighted by Gasteiger charge is 2.46. The molecule has 1 aliphatic heterocycles. The van der Waals surface area contributed by atoms with Gasteiger partial charge in [-0.05, 0) is 38.5 Å². The quantitative estimate of drug-likeness (QED) is 0.439. The second-order valence-corrected chi connectivity index (χ2v) is 6.93. The van der Waals surface area contributed by atoms with Gasteiger partial charge < -0.3 is 20.1 Å². The Morgan fingerprint density at radius 3 is 2.88 bits per heavy atom. The molecule has 1 saturated carbocycles. The summed E-state index contributed by atoms with van der Waals surface area (Å²) >= 11 is 0. The third-order valence-electron chi connectivity index (χ3n) is 4.94. The van der Waals surface area contributed by atoms with Crippen LogP contribution in [0.4, 0.5) is 0 Å². The molecule has 0 amide bonds. The van der Waals surface area contributed by atoms with Crippen molar-refractivity contribution in [3.05, 3.63) is 36.0 Å². The average Bonchev–Trinajstić information content (AvgIpc) is 3.06. The number of aliphatic carboxylic acids is 1. The van der Waals surface area contributed by atoms with Crippen molar-refractivity contribution in [2.24, 2.45) is 11.8 Å². The molecule has 1 saturated heterocycles. The first kappa shape index (κ1) is 19.9. The van der Waals surface area contributed by atoms with Crippen molar-refractivity contribution in [3.63, 3.8) is 0 Å². The summed E-state index contributed by atoms with van der Waals surface area (Å²) in [5.41, 5.74) is 1.29. The van der Waals surface area contributed by atoms with E-state index in [2.05, 4.69) is 13.0 Å². The molecule has 2 aliphatic rings. The van der Waals surface area contributed by atoms with Crippen molar-refractivity contribution < 1.29 is 24.9 Å². The van der Waals surface area contributed by atoms with E-state index in [-0.39, 0.29) is 24.4 Å². The Bertz CT molecular complexity index is 522. The van der Waals surface area contributed by atoms with Crippen molar-refractivity contribution in [1.82, 2.24) is 0 Å². The molecule has 140 valence electrons. The van der Waals surface area contributed by atoms with Crippen LogP contribution < -0.4 is 0 Å². The average molecular weight is 350 g/mol. The summed E-state index contributed by atoms with van der Waals surface area (Å²) in [5, 5.41) is 28.8. The van der Waals surface area contributed by atoms with Crippen LogP contribution in [-0.2, 0) is 9.53 Å². The van der Waals surface area contributed by atoms with E-state index in [1.165, 1.54) is 5.57 Å². The summed E-state index contributed by atoms with van der Waals surface area (Å²) in [6.07, 6.45) is 13.3. The van der Waals surface area contributed by atoms with Gasteiger partial charge in [0.2, 0.25) is 0 Å². The number of hydrogen-bond donors (Lipinski definition) is 3. The predicted molar refractivity (Wildman–Crippen MR) is 95.9 cm³/mol. The lowest BCUT2D eigenvalue weighted by Crippen LogP contribution is -2.18. The van der Waals surface area contributed by atoms with Gasteiger partial charge in [0.1, 0.15) is 0 Å². The highest BCUT2D eigenvalue weighted by Crippen LogP contribution is 2.45. The van der Waals surface area contributed by atoms with Gasteiger partial charge in [-0.3, -0.25) is 4.79 Å². The molecular formula is C20H30O5. The molecule has 1 aliphatic carbocycles. The number of rotatable bonds is 9. The zero-order chi connectivity index (χ0) is 18.2. The molecule has 3 N–H and O–H groups in total. The summed E-state index contributed by atoms with van der Waals surface area (Å²) in [6, 6.07) is 0. The fraction of sp³-hybridized carbons (Fsp3) is 0.650. The zero-order valence-corrected chi connectivity index (χ0v) is 14.9. The topological polar surface area (TPSA) is 87.0 Å². The van der Waals surface area contributed by atoms with Gasteiger partial charge in [-0.25, -0.2) is 0 Å². The first-order chi connectivity index (χ1) is 12.0. The fourth-order valence-corrected chi connectivity index (χ4v) is 3.64. The lowest BCUT2D eigenvalue weighted by molar-refractivity contribution is -0.137. The Morgan fingerprint density at radius 2 is 2.16 bits per heavy atom. The molecule has 0 aromatic rings. The van der Waals surface area contributed by atoms with Crippen LogP contribution in [0.15, 0.2) is 36.0 Å². The van der Waals surface area contributed by atoms with Gasteiger partial charge in [0.15, 0.2) is 6.29 Å². The second kappa shape index (κ2) is 9.90. The zero-order valence-electron chi connectivity index (χ0n) is 14.9. The van der Waals surface area contributed by atoms with Gasteiger partial charge in [0, 0.05) is 18.3 Å². The number of ether oxygens (including phenoxy) is 1. The monoisotopic (exact) mass is 350 g/mol. The molecule has 0 spiro atoms. The molecule has 5 unspecified atom stereocenters. The number of hydrogen-bond acceptors (Lipinski definition) is 4. The molecule has 0 bridgehead atoms. The number of carboxylic acids is 1. The van der Waals surface area contributed by atoms with E-state index >= 15 is 0 Å². The van der Waals surface area contributed by atoms with Crippen LogP contribution in [-0.4, -0.2) is 39.8 Å². The molecule has 1 heterocycles. The molecule has 2 fully saturated rings. The number of fused-ring (bicyclic) bond motifs is 1. The number of carboxylic acid groups (broad SMARTS) is 1. The molecule has 0 aromatic carbocycles. The lowest BCUT2D eigenvalue weighted by atomic mass is 9.90. The van der Waals surface area contributed by atoms with Gasteiger partial charge >= 0.3 is 5.97 Å². The summed E-state index contributed by atoms with van der Waals surface area (Å²) in [5.74, 6) is -0.624. The molecule has 5 atom stereocenters. The van der Waals surface area contributed by atoms with Crippen molar-refractivity contribution in [3.8, 4) is 0 Å². The van der Waals surface area contributed by atoms with Gasteiger partial charge in [-0.1, -0.05) is 42.9 Å². The van der Waals surface area contributed by atoms with Gasteiger partial charge in [0.05, 0.1) is 12.2 Å². The van der Waals surface area contributed by atoms with Crippen LogP contribution in [0.2, 0.25) is 0 Å². The third kappa shape index (κ3) is 6.10. The van der Waals surface area contributed by atoms with E-state index < -0.39 is 18.4 Å². The lowest BCUT2D eigenvalue weighted by Gasteiger charge is -2.15. The summed E-state index contributed by atoms with van der Waals surface area (Å²) < 4.78 is 5.68. The van der Waals surface area contributed by atoms with Crippen molar-refractivity contribution in [1.29, 1.82) is 0 Å². The number of aliphatic hydroxyl groups excluding tert-OH is 2. The van der Waals surface area contributed by atoms with Gasteiger partial charge in [0.25, 0.3) is 0 Å². The van der Waals surface area contributed by atoms with E-state index in [0.717, 1.165) is 25.7 Å². The first-order valence-corrected chi connectivity index (χ1v) is 9.25. The largest absolute Gasteiger partial charge is 0.481 e. The number of unbranched alkanes of at least 4 members (excludes halogenated alkanes) is 1. The Kier molecular flexibility index (Phi) is 7.88. The third-order valence-corrected chi connectivity index (χ3v) is 4.94. The molecular weight excluding hydrogens is 320 g/mol. The van der Waals surface area contributed by atoms with E-state index in [1.807, 2.05) is 18.2 Å². The Labute approximate surface area is 149 Å². The highest BCUT2D eigenvalue weighted by atomic mass is 16.6. The van der Waals surface area contributed by atoms with E-state index in [9.17, 15) is 15.0 Å². The van der Waals surface area contributed by atoms with Crippen LogP contribution in [0.5, 0.6) is 0 Å². The second-order valence-electron chi connectivity index (χ2n) is 6.93. The van der Waals surface area contributed by atoms with Gasteiger partial charge in [-0.2, -0.15) is 0 Å². The minimum Gasteiger partial charge on any atom is -0.481 e. The van der Waals surface area contributed by atoms with Crippen molar-refractivity contribution in [2.45, 2.75) is 70.4 Å². The smallest absolute Gasteiger partial charge is 0.303 e. The summed E-state index contributed by atoms with van der Waals surface area (Å²) in [6.45, 7) is 2.05. The SMILES string of the molecule is CC/C=C/CC(O)/C=C/C1C(O)OC2C/C(=C\CCCC(=O)O)CC21. The van der Waals surface area contributed by atoms with Crippen molar-refractivity contribution in [2.75, 3.05) is 0 Å². The predicted octanol–water partition coefficient (Wildman–Crippen LogP) is 3.18. The van der Waals surface area contributed by atoms with Crippen LogP contribution in [0.25, 0.3) is 0 Å². The van der Waals surface area contributed by atoms with Crippen molar-refractivity contribution >= 4 is 5.97 Å². The maximum absolute atomic E-state index is 10.5. The number of allylic oxidation sites excluding steroid dienone is 2. The minimum absolute atomic E-state index is 0.0208. The van der Waals surface area contributed by atoms with Gasteiger partial charge in [-0.15, -0.1) is 0 Å². The molecule has 5 heteroatoms. The molecule has 2 rings (SSSR count). The molecule has 5 nitrogen and oxygen atoms in total. The Hall–Kier alpha value is -1.43. The Balaban J connectivity index is 1.86. The first-order valence-electron chi connectivity index (χ1n) is 9.25. The number of carbonyl (C=O) groups is 1. The number of aliphatic hydroxyl groups is 2. The summed E-state index contributed by atoms with van der Waals surface area (Å²) in [7, 11) is 0. The van der Waals surface area contributed by atoms with Crippen LogP contribution in [0.3, 0.4) is 0 Å². The normalized spacial score (nSPS) is 32.0. The maximum Gasteiger partial charge on any atom is 0.303 e. The van der Waals surface area contributed by atoms with E-state index in [4.69, 9.17) is 9.84 Å². The van der Waals surface area contributed by atoms with E-state index in [1.54, 1.807) is 6.08 Å². The minimum atomic E-state index is -0.807. The maximum atomic E-state index is 10.5. The molecule has 0 aromatic heterocycles. The van der Waals surface area contributed by atoms with Crippen LogP contribution in [0.1, 0.15) is 51.9 Å². The van der Waals surface area contributed by atoms with E-state index in [0.29, 0.717) is 12.8 Å². The summed E-state index contributed by atoms with van der Waals surface area (Å²) in [4.78, 5) is 10.5. The highest BCUT2D eigenvalue weighted by molar-refractivity contribution is 5.66. The van der Waals surface area contributed by atoms with Crippen LogP contribution in [0, 0.1) is 11.8 Å². The molecule has 0 radical (unpaired) electrons. The van der Waals surface area contributed by atoms with Crippen LogP contribution >= 0.6 is 0 Å². The molecule has 25 heavy (non-hydrogen) atoms. The standard InChI is InChI=1S/C20H30O5/c1-2-3-4-8-15(21)10-11-16-17-12-14(7-5-6-9-19(22)23)13-18(17)25-20(16)24/h3-4,7,10-11,15-18,20-21,24H,2,5-6,8-9,12-13H2,1H3,(H,22,23)/b4-3+,11-10+,14-7-. The fourth-order valence-electron chi connectivity index (χ4n) is 3.64.